The Bertz CT molecular complexity index is 659. The number of hydrogen-bond donors (Lipinski definition) is 0. The first-order valence-electron chi connectivity index (χ1n) is 5.12. The first-order valence-corrected chi connectivity index (χ1v) is 5.12. The summed E-state index contributed by atoms with van der Waals surface area (Å²) in [6.07, 6.45) is 0. The van der Waals surface area contributed by atoms with Gasteiger partial charge < -0.3 is 9.90 Å². The van der Waals surface area contributed by atoms with Crippen LogP contribution in [0.25, 0.3) is 11.1 Å². The molecule has 2 rings (SSSR count). The summed E-state index contributed by atoms with van der Waals surface area (Å²) in [6.45, 7) is 0. The number of nitriles is 1. The minimum absolute atomic E-state index is 0.229. The van der Waals surface area contributed by atoms with Crippen LogP contribution in [-0.2, 0) is 0 Å². The molecule has 0 amide bonds. The Morgan fingerprint density at radius 3 is 2.61 bits per heavy atom. The molecule has 0 atom stereocenters. The van der Waals surface area contributed by atoms with Gasteiger partial charge in [0.05, 0.1) is 17.6 Å². The molecule has 0 spiro atoms. The van der Waals surface area contributed by atoms with Crippen molar-refractivity contribution < 1.29 is 14.3 Å². The SMILES string of the molecule is N#Cc1cccc(-c2cc(F)cc(C(=O)[O-])c2)c1. The summed E-state index contributed by atoms with van der Waals surface area (Å²) in [7, 11) is 0. The molecule has 88 valence electrons. The number of benzene rings is 2. The van der Waals surface area contributed by atoms with Crippen molar-refractivity contribution in [1.29, 1.82) is 5.26 Å². The summed E-state index contributed by atoms with van der Waals surface area (Å²) >= 11 is 0. The molecule has 0 fully saturated rings. The van der Waals surface area contributed by atoms with E-state index in [-0.39, 0.29) is 5.56 Å². The summed E-state index contributed by atoms with van der Waals surface area (Å²) in [5, 5.41) is 19.5. The highest BCUT2D eigenvalue weighted by Crippen LogP contribution is 2.22. The van der Waals surface area contributed by atoms with E-state index in [0.29, 0.717) is 16.7 Å². The van der Waals surface area contributed by atoms with Crippen LogP contribution in [0.5, 0.6) is 0 Å². The van der Waals surface area contributed by atoms with Crippen molar-refractivity contribution in [3.63, 3.8) is 0 Å². The Labute approximate surface area is 103 Å². The number of carboxylic acid groups (broad SMARTS) is 1. The number of carboxylic acids is 1. The first-order chi connectivity index (χ1) is 8.60. The maximum atomic E-state index is 13.3. The molecule has 0 aliphatic heterocycles. The van der Waals surface area contributed by atoms with Crippen LogP contribution in [0, 0.1) is 17.1 Å². The highest BCUT2D eigenvalue weighted by atomic mass is 19.1. The lowest BCUT2D eigenvalue weighted by Crippen LogP contribution is -2.22. The largest absolute Gasteiger partial charge is 0.545 e. The van der Waals surface area contributed by atoms with Gasteiger partial charge in [0, 0.05) is 5.56 Å². The van der Waals surface area contributed by atoms with Crippen LogP contribution in [0.3, 0.4) is 0 Å². The topological polar surface area (TPSA) is 63.9 Å². The van der Waals surface area contributed by atoms with Gasteiger partial charge in [-0.25, -0.2) is 4.39 Å². The number of carbonyl (C=O) groups is 1. The van der Waals surface area contributed by atoms with Crippen molar-refractivity contribution >= 4 is 5.97 Å². The van der Waals surface area contributed by atoms with Crippen molar-refractivity contribution in [3.05, 3.63) is 59.4 Å². The molecule has 0 unspecified atom stereocenters. The second-order valence-electron chi connectivity index (χ2n) is 3.71. The van der Waals surface area contributed by atoms with Crippen LogP contribution in [0.1, 0.15) is 15.9 Å². The fraction of sp³-hybridized carbons (Fsp3) is 0. The molecule has 0 bridgehead atoms. The van der Waals surface area contributed by atoms with E-state index in [2.05, 4.69) is 0 Å². The lowest BCUT2D eigenvalue weighted by molar-refractivity contribution is -0.255. The summed E-state index contributed by atoms with van der Waals surface area (Å²) in [4.78, 5) is 10.7. The molecule has 2 aromatic carbocycles. The normalized spacial score (nSPS) is 9.78. The third-order valence-electron chi connectivity index (χ3n) is 2.46. The van der Waals surface area contributed by atoms with Gasteiger partial charge in [-0.1, -0.05) is 12.1 Å². The average Bonchev–Trinajstić information content (AvgIpc) is 2.38. The van der Waals surface area contributed by atoms with Crippen molar-refractivity contribution in [2.45, 2.75) is 0 Å². The molecular weight excluding hydrogens is 233 g/mol. The summed E-state index contributed by atoms with van der Waals surface area (Å²) in [6, 6.07) is 11.9. The van der Waals surface area contributed by atoms with Gasteiger partial charge in [-0.3, -0.25) is 0 Å². The van der Waals surface area contributed by atoms with Crippen LogP contribution in [-0.4, -0.2) is 5.97 Å². The van der Waals surface area contributed by atoms with Crippen molar-refractivity contribution in [1.82, 2.24) is 0 Å². The van der Waals surface area contributed by atoms with Crippen molar-refractivity contribution in [2.75, 3.05) is 0 Å². The smallest absolute Gasteiger partial charge is 0.124 e. The van der Waals surface area contributed by atoms with Crippen LogP contribution in [0.15, 0.2) is 42.5 Å². The zero-order chi connectivity index (χ0) is 13.1. The van der Waals surface area contributed by atoms with Gasteiger partial charge in [-0.2, -0.15) is 5.26 Å². The fourth-order valence-electron chi connectivity index (χ4n) is 1.64. The molecule has 4 heteroatoms. The Balaban J connectivity index is 2.57. The second-order valence-corrected chi connectivity index (χ2v) is 3.71. The van der Waals surface area contributed by atoms with Gasteiger partial charge in [0.15, 0.2) is 0 Å². The number of carbonyl (C=O) groups excluding carboxylic acids is 1. The minimum atomic E-state index is -1.44. The van der Waals surface area contributed by atoms with E-state index in [9.17, 15) is 14.3 Å². The Morgan fingerprint density at radius 1 is 1.17 bits per heavy atom. The molecule has 0 radical (unpaired) electrons. The average molecular weight is 240 g/mol. The molecule has 0 saturated heterocycles. The third-order valence-corrected chi connectivity index (χ3v) is 2.46. The number of halogens is 1. The van der Waals surface area contributed by atoms with Gasteiger partial charge in [-0.15, -0.1) is 0 Å². The second kappa shape index (κ2) is 4.68. The summed E-state index contributed by atoms with van der Waals surface area (Å²) < 4.78 is 13.3. The Morgan fingerprint density at radius 2 is 1.94 bits per heavy atom. The van der Waals surface area contributed by atoms with Gasteiger partial charge in [0.1, 0.15) is 5.82 Å². The summed E-state index contributed by atoms with van der Waals surface area (Å²) in [5.41, 5.74) is 1.17. The molecule has 18 heavy (non-hydrogen) atoms. The minimum Gasteiger partial charge on any atom is -0.545 e. The zero-order valence-electron chi connectivity index (χ0n) is 9.18. The molecule has 2 aromatic rings. The fourth-order valence-corrected chi connectivity index (χ4v) is 1.64. The maximum Gasteiger partial charge on any atom is 0.124 e. The third kappa shape index (κ3) is 2.36. The van der Waals surface area contributed by atoms with E-state index < -0.39 is 11.8 Å². The Hall–Kier alpha value is -2.67. The molecule has 3 nitrogen and oxygen atoms in total. The monoisotopic (exact) mass is 240 g/mol. The highest BCUT2D eigenvalue weighted by Gasteiger charge is 2.04. The number of aromatic carboxylic acids is 1. The zero-order valence-corrected chi connectivity index (χ0v) is 9.18. The predicted molar refractivity (Wildman–Crippen MR) is 60.9 cm³/mol. The van der Waals surface area contributed by atoms with Crippen LogP contribution >= 0.6 is 0 Å². The Kier molecular flexibility index (Phi) is 3.07. The molecule has 0 N–H and O–H groups in total. The molecule has 0 aromatic heterocycles. The molecule has 0 heterocycles. The van der Waals surface area contributed by atoms with E-state index >= 15 is 0 Å². The van der Waals surface area contributed by atoms with Crippen LogP contribution < -0.4 is 5.11 Å². The lowest BCUT2D eigenvalue weighted by atomic mass is 10.0. The number of nitrogens with zero attached hydrogens (tertiary/aromatic N) is 1. The van der Waals surface area contributed by atoms with Gasteiger partial charge in [0.25, 0.3) is 0 Å². The lowest BCUT2D eigenvalue weighted by Gasteiger charge is -2.07. The van der Waals surface area contributed by atoms with E-state index in [1.807, 2.05) is 6.07 Å². The maximum absolute atomic E-state index is 13.3. The highest BCUT2D eigenvalue weighted by molar-refractivity contribution is 5.87. The predicted octanol–water partition coefficient (Wildman–Crippen LogP) is 1.73. The quantitative estimate of drug-likeness (QED) is 0.802. The van der Waals surface area contributed by atoms with Crippen molar-refractivity contribution in [2.24, 2.45) is 0 Å². The molecule has 0 aliphatic carbocycles. The summed E-state index contributed by atoms with van der Waals surface area (Å²) in [5.74, 6) is -2.10. The van der Waals surface area contributed by atoms with Crippen LogP contribution in [0.4, 0.5) is 4.39 Å². The van der Waals surface area contributed by atoms with E-state index in [1.54, 1.807) is 24.3 Å². The standard InChI is InChI=1S/C14H8FNO2/c15-13-6-11(5-12(7-13)14(17)18)10-3-1-2-9(4-10)8-16/h1-7H,(H,17,18)/p-1. The van der Waals surface area contributed by atoms with E-state index in [1.165, 1.54) is 12.1 Å². The van der Waals surface area contributed by atoms with Gasteiger partial charge in [-0.05, 0) is 41.5 Å². The molecule has 0 saturated carbocycles. The van der Waals surface area contributed by atoms with Crippen LogP contribution in [0.2, 0.25) is 0 Å². The van der Waals surface area contributed by atoms with Gasteiger partial charge >= 0.3 is 0 Å². The van der Waals surface area contributed by atoms with E-state index in [0.717, 1.165) is 6.07 Å². The number of rotatable bonds is 2. The molecular formula is C14H7FNO2-. The van der Waals surface area contributed by atoms with Gasteiger partial charge in [0.2, 0.25) is 0 Å². The van der Waals surface area contributed by atoms with Crippen molar-refractivity contribution in [3.8, 4) is 17.2 Å². The molecule has 0 aliphatic rings. The number of hydrogen-bond acceptors (Lipinski definition) is 3. The first kappa shape index (κ1) is 11.8. The van der Waals surface area contributed by atoms with E-state index in [4.69, 9.17) is 5.26 Å².